The number of carboxylic acids is 1. The Morgan fingerprint density at radius 3 is 2.79 bits per heavy atom. The fraction of sp³-hybridized carbons (Fsp3) is 0.385. The number of carbonyl (C=O) groups excluding carboxylic acids is 1. The van der Waals surface area contributed by atoms with E-state index in [9.17, 15) is 9.59 Å². The number of nitrogens with zero attached hydrogens (tertiary/aromatic N) is 1. The molecule has 1 heterocycles. The zero-order valence-electron chi connectivity index (χ0n) is 10.1. The number of halogens is 2. The summed E-state index contributed by atoms with van der Waals surface area (Å²) in [5.41, 5.74) is 0.483. The summed E-state index contributed by atoms with van der Waals surface area (Å²) in [6.07, 6.45) is 1.57. The maximum Gasteiger partial charge on any atom is 0.305 e. The number of carboxylic acid groups (broad SMARTS) is 1. The molecule has 0 spiro atoms. The third-order valence-corrected chi connectivity index (χ3v) is 3.83. The summed E-state index contributed by atoms with van der Waals surface area (Å²) in [4.78, 5) is 24.8. The van der Waals surface area contributed by atoms with Crippen molar-refractivity contribution in [3.63, 3.8) is 0 Å². The molecular weight excluding hydrogens is 334 g/mol. The maximum atomic E-state index is 12.4. The smallest absolute Gasteiger partial charge is 0.305 e. The molecule has 1 aliphatic rings. The lowest BCUT2D eigenvalue weighted by atomic mass is 10.1. The number of rotatable bonds is 3. The summed E-state index contributed by atoms with van der Waals surface area (Å²) in [7, 11) is 0. The van der Waals surface area contributed by atoms with Crippen LogP contribution < -0.4 is 0 Å². The molecule has 1 aromatic rings. The minimum Gasteiger partial charge on any atom is -0.481 e. The molecule has 0 radical (unpaired) electrons. The van der Waals surface area contributed by atoms with E-state index in [4.69, 9.17) is 16.7 Å². The van der Waals surface area contributed by atoms with Gasteiger partial charge in [0.05, 0.1) is 6.42 Å². The van der Waals surface area contributed by atoms with Gasteiger partial charge in [0.2, 0.25) is 0 Å². The van der Waals surface area contributed by atoms with E-state index in [0.29, 0.717) is 17.1 Å². The number of hydrogen-bond acceptors (Lipinski definition) is 2. The summed E-state index contributed by atoms with van der Waals surface area (Å²) in [6.45, 7) is 0.598. The van der Waals surface area contributed by atoms with Crippen LogP contribution in [-0.4, -0.2) is 34.5 Å². The predicted molar refractivity (Wildman–Crippen MR) is 75.5 cm³/mol. The van der Waals surface area contributed by atoms with Crippen molar-refractivity contribution >= 4 is 39.4 Å². The van der Waals surface area contributed by atoms with Crippen molar-refractivity contribution in [3.8, 4) is 0 Å². The van der Waals surface area contributed by atoms with Crippen molar-refractivity contribution in [3.05, 3.63) is 33.3 Å². The molecule has 1 unspecified atom stereocenters. The van der Waals surface area contributed by atoms with Crippen LogP contribution in [0.25, 0.3) is 0 Å². The van der Waals surface area contributed by atoms with E-state index in [2.05, 4.69) is 15.9 Å². The third-order valence-electron chi connectivity index (χ3n) is 3.16. The minimum absolute atomic E-state index is 0.00647. The van der Waals surface area contributed by atoms with E-state index in [1.165, 1.54) is 0 Å². The Hall–Kier alpha value is -1.07. The molecule has 1 saturated heterocycles. The van der Waals surface area contributed by atoms with Gasteiger partial charge in [-0.1, -0.05) is 27.5 Å². The summed E-state index contributed by atoms with van der Waals surface area (Å²) in [6, 6.07) is 4.79. The van der Waals surface area contributed by atoms with Crippen molar-refractivity contribution in [2.24, 2.45) is 0 Å². The van der Waals surface area contributed by atoms with E-state index in [-0.39, 0.29) is 18.4 Å². The van der Waals surface area contributed by atoms with E-state index in [0.717, 1.165) is 17.3 Å². The van der Waals surface area contributed by atoms with E-state index < -0.39 is 5.97 Å². The number of benzene rings is 1. The van der Waals surface area contributed by atoms with Crippen LogP contribution in [0.3, 0.4) is 0 Å². The molecule has 6 heteroatoms. The summed E-state index contributed by atoms with van der Waals surface area (Å²) >= 11 is 9.22. The molecular formula is C13H13BrClNO3. The first-order chi connectivity index (χ1) is 8.97. The third kappa shape index (κ3) is 3.48. The highest BCUT2D eigenvalue weighted by Gasteiger charge is 2.31. The molecule has 1 atom stereocenters. The molecule has 0 saturated carbocycles. The summed E-state index contributed by atoms with van der Waals surface area (Å²) < 4.78 is 0.734. The Morgan fingerprint density at radius 2 is 2.16 bits per heavy atom. The Morgan fingerprint density at radius 1 is 1.42 bits per heavy atom. The van der Waals surface area contributed by atoms with Crippen LogP contribution in [0, 0.1) is 0 Å². The molecule has 2 rings (SSSR count). The lowest BCUT2D eigenvalue weighted by molar-refractivity contribution is -0.137. The Bertz CT molecular complexity index is 500. The van der Waals surface area contributed by atoms with Crippen LogP contribution in [-0.2, 0) is 4.79 Å². The first kappa shape index (κ1) is 14.3. The van der Waals surface area contributed by atoms with Crippen LogP contribution in [0.1, 0.15) is 29.6 Å². The van der Waals surface area contributed by atoms with Crippen molar-refractivity contribution in [1.82, 2.24) is 4.90 Å². The first-order valence-electron chi connectivity index (χ1n) is 5.96. The van der Waals surface area contributed by atoms with Crippen molar-refractivity contribution < 1.29 is 14.7 Å². The van der Waals surface area contributed by atoms with Gasteiger partial charge in [0, 0.05) is 27.6 Å². The van der Waals surface area contributed by atoms with Crippen molar-refractivity contribution in [1.29, 1.82) is 0 Å². The van der Waals surface area contributed by atoms with Crippen LogP contribution in [0.4, 0.5) is 0 Å². The van der Waals surface area contributed by atoms with E-state index in [1.807, 2.05) is 0 Å². The van der Waals surface area contributed by atoms with Gasteiger partial charge in [0.15, 0.2) is 0 Å². The lowest BCUT2D eigenvalue weighted by Gasteiger charge is -2.23. The molecule has 1 aromatic carbocycles. The molecule has 1 N–H and O–H groups in total. The number of likely N-dealkylation sites (tertiary alicyclic amines) is 1. The zero-order valence-corrected chi connectivity index (χ0v) is 12.4. The van der Waals surface area contributed by atoms with Gasteiger partial charge in [-0.2, -0.15) is 0 Å². The fourth-order valence-corrected chi connectivity index (χ4v) is 3.22. The fourth-order valence-electron chi connectivity index (χ4n) is 2.36. The van der Waals surface area contributed by atoms with Crippen LogP contribution >= 0.6 is 27.5 Å². The second kappa shape index (κ2) is 5.92. The molecule has 0 bridgehead atoms. The first-order valence-corrected chi connectivity index (χ1v) is 7.13. The van der Waals surface area contributed by atoms with E-state index >= 15 is 0 Å². The summed E-state index contributed by atoms with van der Waals surface area (Å²) in [5.74, 6) is -1.04. The number of aliphatic carboxylic acids is 1. The maximum absolute atomic E-state index is 12.4. The Labute approximate surface area is 124 Å². The average Bonchev–Trinajstić information content (AvgIpc) is 2.73. The highest BCUT2D eigenvalue weighted by atomic mass is 79.9. The molecule has 1 amide bonds. The highest BCUT2D eigenvalue weighted by Crippen LogP contribution is 2.25. The minimum atomic E-state index is -0.878. The number of carbonyl (C=O) groups is 2. The van der Waals surface area contributed by atoms with Gasteiger partial charge in [-0.3, -0.25) is 9.59 Å². The molecule has 1 fully saturated rings. The van der Waals surface area contributed by atoms with Crippen LogP contribution in [0.5, 0.6) is 0 Å². The van der Waals surface area contributed by atoms with Gasteiger partial charge in [0.1, 0.15) is 0 Å². The number of hydrogen-bond donors (Lipinski definition) is 1. The van der Waals surface area contributed by atoms with Crippen LogP contribution in [0.15, 0.2) is 22.7 Å². The lowest BCUT2D eigenvalue weighted by Crippen LogP contribution is -2.36. The monoisotopic (exact) mass is 345 g/mol. The Balaban J connectivity index is 2.20. The topological polar surface area (TPSA) is 57.6 Å². The number of amides is 1. The van der Waals surface area contributed by atoms with E-state index in [1.54, 1.807) is 23.1 Å². The van der Waals surface area contributed by atoms with Gasteiger partial charge in [0.25, 0.3) is 5.91 Å². The Kier molecular flexibility index (Phi) is 4.47. The van der Waals surface area contributed by atoms with Crippen molar-refractivity contribution in [2.45, 2.75) is 25.3 Å². The highest BCUT2D eigenvalue weighted by molar-refractivity contribution is 9.10. The van der Waals surface area contributed by atoms with Gasteiger partial charge in [-0.05, 0) is 31.0 Å². The van der Waals surface area contributed by atoms with Gasteiger partial charge in [-0.15, -0.1) is 0 Å². The zero-order chi connectivity index (χ0) is 14.0. The quantitative estimate of drug-likeness (QED) is 0.914. The van der Waals surface area contributed by atoms with Gasteiger partial charge in [-0.25, -0.2) is 0 Å². The molecule has 102 valence electrons. The summed E-state index contributed by atoms with van der Waals surface area (Å²) in [5, 5.41) is 9.34. The normalized spacial score (nSPS) is 18.6. The molecule has 0 aromatic heterocycles. The molecule has 0 aliphatic carbocycles. The average molecular weight is 347 g/mol. The second-order valence-electron chi connectivity index (χ2n) is 4.55. The second-order valence-corrected chi connectivity index (χ2v) is 5.90. The predicted octanol–water partition coefficient (Wildman–Crippen LogP) is 3.18. The molecule has 19 heavy (non-hydrogen) atoms. The standard InChI is InChI=1S/C13H13BrClNO3/c14-9-4-8(5-10(15)6-9)13(19)16-3-1-2-11(16)7-12(17)18/h4-6,11H,1-3,7H2,(H,17,18). The SMILES string of the molecule is O=C(O)CC1CCCN1C(=O)c1cc(Cl)cc(Br)c1. The molecule has 4 nitrogen and oxygen atoms in total. The van der Waals surface area contributed by atoms with Gasteiger partial charge >= 0.3 is 5.97 Å². The van der Waals surface area contributed by atoms with Crippen molar-refractivity contribution in [2.75, 3.05) is 6.54 Å². The largest absolute Gasteiger partial charge is 0.481 e. The van der Waals surface area contributed by atoms with Crippen LogP contribution in [0.2, 0.25) is 5.02 Å². The molecule has 1 aliphatic heterocycles. The van der Waals surface area contributed by atoms with Gasteiger partial charge < -0.3 is 10.0 Å².